The molecule has 2 aliphatic rings. The maximum atomic E-state index is 12.9. The molecule has 1 spiro atoms. The summed E-state index contributed by atoms with van der Waals surface area (Å²) < 4.78 is 1.06. The molecule has 1 unspecified atom stereocenters. The Morgan fingerprint density at radius 3 is 2.58 bits per heavy atom. The first-order valence-electron chi connectivity index (χ1n) is 10.8. The van der Waals surface area contributed by atoms with E-state index < -0.39 is 5.97 Å². The van der Waals surface area contributed by atoms with Gasteiger partial charge >= 0.3 is 5.97 Å². The van der Waals surface area contributed by atoms with Crippen LogP contribution in [0, 0.1) is 6.92 Å². The molecule has 2 aromatic carbocycles. The number of hydrogen-bond donors (Lipinski definition) is 1. The highest BCUT2D eigenvalue weighted by molar-refractivity contribution is 9.10. The van der Waals surface area contributed by atoms with Gasteiger partial charge in [0.05, 0.1) is 6.42 Å². The van der Waals surface area contributed by atoms with E-state index in [1.807, 2.05) is 42.2 Å². The number of nitrogens with zero attached hydrogens (tertiary/aromatic N) is 1. The molecule has 31 heavy (non-hydrogen) atoms. The standard InChI is InChI=1S/C25H27BrClNO3/c1-16-4-2-7-21(27)18(16)8-9-22(29)28-12-10-25(11-13-28)15-17(14-23(30)31)19-5-3-6-20(26)24(19)25/h2-7,17H,8-15H2,1H3,(H,30,31). The van der Waals surface area contributed by atoms with Crippen molar-refractivity contribution in [3.63, 3.8) is 0 Å². The minimum absolute atomic E-state index is 0.0375. The number of aryl methyl sites for hydroxylation is 1. The number of piperidine rings is 1. The summed E-state index contributed by atoms with van der Waals surface area (Å²) in [5.74, 6) is -0.549. The molecule has 2 aromatic rings. The van der Waals surface area contributed by atoms with Gasteiger partial charge in [-0.25, -0.2) is 0 Å². The number of carboxylic acids is 1. The van der Waals surface area contributed by atoms with Gasteiger partial charge in [-0.05, 0) is 72.9 Å². The second-order valence-corrected chi connectivity index (χ2v) is 10.2. The van der Waals surface area contributed by atoms with E-state index in [-0.39, 0.29) is 23.7 Å². The Labute approximate surface area is 196 Å². The van der Waals surface area contributed by atoms with Crippen molar-refractivity contribution in [2.24, 2.45) is 0 Å². The predicted octanol–water partition coefficient (Wildman–Crippen LogP) is 5.87. The molecule has 0 bridgehead atoms. The van der Waals surface area contributed by atoms with Crippen molar-refractivity contribution in [2.45, 2.75) is 56.8 Å². The zero-order chi connectivity index (χ0) is 22.2. The molecule has 164 valence electrons. The molecule has 0 radical (unpaired) electrons. The zero-order valence-electron chi connectivity index (χ0n) is 17.7. The molecule has 1 aliphatic carbocycles. The molecule has 1 amide bonds. The Morgan fingerprint density at radius 2 is 1.90 bits per heavy atom. The number of benzene rings is 2. The maximum absolute atomic E-state index is 12.9. The first kappa shape index (κ1) is 22.3. The van der Waals surface area contributed by atoms with Crippen LogP contribution in [0.5, 0.6) is 0 Å². The molecular formula is C25H27BrClNO3. The van der Waals surface area contributed by atoms with Crippen molar-refractivity contribution in [3.05, 3.63) is 68.1 Å². The first-order chi connectivity index (χ1) is 14.8. The lowest BCUT2D eigenvalue weighted by Crippen LogP contribution is -2.44. The van der Waals surface area contributed by atoms with E-state index in [1.165, 1.54) is 5.56 Å². The molecule has 6 heteroatoms. The van der Waals surface area contributed by atoms with Gasteiger partial charge in [0.25, 0.3) is 0 Å². The normalized spacial score (nSPS) is 19.5. The average Bonchev–Trinajstić information content (AvgIpc) is 3.01. The Kier molecular flexibility index (Phi) is 6.45. The number of halogens is 2. The van der Waals surface area contributed by atoms with Gasteiger partial charge in [-0.1, -0.05) is 51.8 Å². The summed E-state index contributed by atoms with van der Waals surface area (Å²) in [4.78, 5) is 26.3. The molecule has 1 atom stereocenters. The fourth-order valence-corrected chi connectivity index (χ4v) is 6.65. The molecule has 4 rings (SSSR count). The summed E-state index contributed by atoms with van der Waals surface area (Å²) in [6.45, 7) is 3.45. The van der Waals surface area contributed by atoms with E-state index in [2.05, 4.69) is 22.0 Å². The second kappa shape index (κ2) is 8.95. The number of hydrogen-bond acceptors (Lipinski definition) is 2. The van der Waals surface area contributed by atoms with E-state index in [9.17, 15) is 14.7 Å². The number of carboxylic acid groups (broad SMARTS) is 1. The second-order valence-electron chi connectivity index (χ2n) is 8.90. The zero-order valence-corrected chi connectivity index (χ0v) is 20.0. The third-order valence-corrected chi connectivity index (χ3v) is 8.10. The van der Waals surface area contributed by atoms with Gasteiger partial charge in [0, 0.05) is 34.4 Å². The Balaban J connectivity index is 1.45. The molecule has 1 fully saturated rings. The third-order valence-electron chi connectivity index (χ3n) is 7.09. The number of carbonyl (C=O) groups excluding carboxylic acids is 1. The molecule has 1 aliphatic heterocycles. The van der Waals surface area contributed by atoms with Crippen molar-refractivity contribution >= 4 is 39.4 Å². The van der Waals surface area contributed by atoms with Gasteiger partial charge in [-0.3, -0.25) is 9.59 Å². The monoisotopic (exact) mass is 503 g/mol. The van der Waals surface area contributed by atoms with Crippen LogP contribution in [-0.4, -0.2) is 35.0 Å². The van der Waals surface area contributed by atoms with Gasteiger partial charge in [0.2, 0.25) is 5.91 Å². The van der Waals surface area contributed by atoms with Crippen molar-refractivity contribution < 1.29 is 14.7 Å². The molecule has 1 saturated heterocycles. The Morgan fingerprint density at radius 1 is 1.19 bits per heavy atom. The van der Waals surface area contributed by atoms with Gasteiger partial charge < -0.3 is 10.0 Å². The summed E-state index contributed by atoms with van der Waals surface area (Å²) in [7, 11) is 0. The molecular weight excluding hydrogens is 478 g/mol. The minimum Gasteiger partial charge on any atom is -0.481 e. The summed E-state index contributed by atoms with van der Waals surface area (Å²) >= 11 is 10.0. The number of aliphatic carboxylic acids is 1. The van der Waals surface area contributed by atoms with Gasteiger partial charge in [0.1, 0.15) is 0 Å². The average molecular weight is 505 g/mol. The lowest BCUT2D eigenvalue weighted by atomic mass is 9.73. The van der Waals surface area contributed by atoms with Crippen LogP contribution < -0.4 is 0 Å². The van der Waals surface area contributed by atoms with Crippen LogP contribution in [0.3, 0.4) is 0 Å². The van der Waals surface area contributed by atoms with Gasteiger partial charge in [-0.15, -0.1) is 0 Å². The van der Waals surface area contributed by atoms with Crippen LogP contribution in [0.15, 0.2) is 40.9 Å². The van der Waals surface area contributed by atoms with Crippen molar-refractivity contribution in [2.75, 3.05) is 13.1 Å². The van der Waals surface area contributed by atoms with Crippen LogP contribution in [0.2, 0.25) is 5.02 Å². The minimum atomic E-state index is -0.754. The molecule has 0 aromatic heterocycles. The van der Waals surface area contributed by atoms with Crippen LogP contribution in [-0.2, 0) is 21.4 Å². The number of carbonyl (C=O) groups is 2. The molecule has 1 N–H and O–H groups in total. The number of likely N-dealkylation sites (tertiary alicyclic amines) is 1. The van der Waals surface area contributed by atoms with E-state index in [4.69, 9.17) is 11.6 Å². The quantitative estimate of drug-likeness (QED) is 0.554. The smallest absolute Gasteiger partial charge is 0.303 e. The summed E-state index contributed by atoms with van der Waals surface area (Å²) in [5, 5.41) is 10.1. The van der Waals surface area contributed by atoms with Crippen LogP contribution in [0.4, 0.5) is 0 Å². The first-order valence-corrected chi connectivity index (χ1v) is 12.0. The largest absolute Gasteiger partial charge is 0.481 e. The van der Waals surface area contributed by atoms with Crippen molar-refractivity contribution in [1.29, 1.82) is 0 Å². The van der Waals surface area contributed by atoms with Crippen LogP contribution >= 0.6 is 27.5 Å². The topological polar surface area (TPSA) is 57.6 Å². The molecule has 1 heterocycles. The van der Waals surface area contributed by atoms with Crippen molar-refractivity contribution in [1.82, 2.24) is 4.90 Å². The van der Waals surface area contributed by atoms with E-state index in [0.717, 1.165) is 45.4 Å². The summed E-state index contributed by atoms with van der Waals surface area (Å²) in [6.07, 6.45) is 3.86. The van der Waals surface area contributed by atoms with Crippen LogP contribution in [0.1, 0.15) is 60.3 Å². The highest BCUT2D eigenvalue weighted by Gasteiger charge is 2.47. The van der Waals surface area contributed by atoms with Gasteiger partial charge in [-0.2, -0.15) is 0 Å². The van der Waals surface area contributed by atoms with E-state index >= 15 is 0 Å². The lowest BCUT2D eigenvalue weighted by molar-refractivity contribution is -0.137. The Bertz CT molecular complexity index is 994. The SMILES string of the molecule is Cc1cccc(Cl)c1CCC(=O)N1CCC2(CC1)CC(CC(=O)O)c1cccc(Br)c12. The number of amides is 1. The molecule has 0 saturated carbocycles. The molecule has 4 nitrogen and oxygen atoms in total. The summed E-state index contributed by atoms with van der Waals surface area (Å²) in [5.41, 5.74) is 4.54. The van der Waals surface area contributed by atoms with Crippen LogP contribution in [0.25, 0.3) is 0 Å². The Hall–Kier alpha value is -1.85. The highest BCUT2D eigenvalue weighted by atomic mass is 79.9. The lowest BCUT2D eigenvalue weighted by Gasteiger charge is -2.41. The highest BCUT2D eigenvalue weighted by Crippen LogP contribution is 2.55. The van der Waals surface area contributed by atoms with Crippen molar-refractivity contribution in [3.8, 4) is 0 Å². The third kappa shape index (κ3) is 4.40. The number of fused-ring (bicyclic) bond motifs is 2. The van der Waals surface area contributed by atoms with E-state index in [0.29, 0.717) is 25.9 Å². The fourth-order valence-electron chi connectivity index (χ4n) is 5.53. The fraction of sp³-hybridized carbons (Fsp3) is 0.440. The summed E-state index contributed by atoms with van der Waals surface area (Å²) in [6, 6.07) is 12.0. The predicted molar refractivity (Wildman–Crippen MR) is 126 cm³/mol. The van der Waals surface area contributed by atoms with Gasteiger partial charge in [0.15, 0.2) is 0 Å². The van der Waals surface area contributed by atoms with E-state index in [1.54, 1.807) is 0 Å². The number of rotatable bonds is 5. The maximum Gasteiger partial charge on any atom is 0.303 e.